The van der Waals surface area contributed by atoms with E-state index in [9.17, 15) is 25.2 Å². The second-order valence-electron chi connectivity index (χ2n) is 7.92. The Bertz CT molecular complexity index is 1440. The molecule has 4 aromatic rings. The van der Waals surface area contributed by atoms with Gasteiger partial charge in [-0.05, 0) is 12.1 Å². The van der Waals surface area contributed by atoms with Gasteiger partial charge in [0.1, 0.15) is 35.2 Å². The first-order valence-corrected chi connectivity index (χ1v) is 11.6. The molecule has 1 aromatic carbocycles. The van der Waals surface area contributed by atoms with Crippen molar-refractivity contribution in [2.75, 3.05) is 12.3 Å². The summed E-state index contributed by atoms with van der Waals surface area (Å²) in [6.45, 7) is 0.0195. The number of aromatic hydroxyl groups is 2. The number of nitrogens with zero attached hydrogens (tertiary/aromatic N) is 5. The molecule has 0 bridgehead atoms. The highest BCUT2D eigenvalue weighted by atomic mass is 32.1. The fraction of sp³-hybridized carbons (Fsp3) is 0.227. The SMILES string of the molecule is Nc1ncnc2c1ncn2C1OC(C=CCNC(=O)c2cc(-c3nccs3)cc(O)c2O)C(O)[C@H]1O. The van der Waals surface area contributed by atoms with E-state index in [2.05, 4.69) is 25.3 Å². The number of nitrogen functional groups attached to an aromatic ring is 1. The van der Waals surface area contributed by atoms with E-state index in [0.29, 0.717) is 21.7 Å². The normalized spacial score (nSPS) is 21.9. The number of carbonyl (C=O) groups excluding carboxylic acids is 1. The van der Waals surface area contributed by atoms with Crippen LogP contribution in [0.25, 0.3) is 21.7 Å². The molecule has 1 aliphatic rings. The van der Waals surface area contributed by atoms with E-state index < -0.39 is 41.9 Å². The number of rotatable bonds is 6. The summed E-state index contributed by atoms with van der Waals surface area (Å²) in [6.07, 6.45) is 2.89. The number of anilines is 1. The van der Waals surface area contributed by atoms with Gasteiger partial charge < -0.3 is 36.2 Å². The molecular weight excluding hydrogens is 490 g/mol. The van der Waals surface area contributed by atoms with Crippen LogP contribution in [0.15, 0.2) is 48.5 Å². The second-order valence-corrected chi connectivity index (χ2v) is 8.82. The zero-order valence-corrected chi connectivity index (χ0v) is 19.3. The minimum atomic E-state index is -1.28. The lowest BCUT2D eigenvalue weighted by Crippen LogP contribution is -2.31. The molecule has 4 heterocycles. The highest BCUT2D eigenvalue weighted by Gasteiger charge is 2.43. The lowest BCUT2D eigenvalue weighted by Gasteiger charge is -2.16. The van der Waals surface area contributed by atoms with Crippen molar-refractivity contribution in [3.63, 3.8) is 0 Å². The maximum Gasteiger partial charge on any atom is 0.255 e. The molecule has 5 rings (SSSR count). The highest BCUT2D eigenvalue weighted by molar-refractivity contribution is 7.13. The van der Waals surface area contributed by atoms with Crippen molar-refractivity contribution in [1.82, 2.24) is 29.8 Å². The molecule has 1 amide bonds. The van der Waals surface area contributed by atoms with Gasteiger partial charge in [-0.3, -0.25) is 9.36 Å². The number of hydrogen-bond acceptors (Lipinski definition) is 12. The topological polar surface area (TPSA) is 202 Å². The lowest BCUT2D eigenvalue weighted by atomic mass is 10.1. The Morgan fingerprint density at radius 1 is 1.19 bits per heavy atom. The van der Waals surface area contributed by atoms with Gasteiger partial charge in [0.05, 0.1) is 11.9 Å². The number of amides is 1. The van der Waals surface area contributed by atoms with Crippen molar-refractivity contribution < 1.29 is 30.0 Å². The van der Waals surface area contributed by atoms with Crippen LogP contribution in [-0.4, -0.2) is 75.7 Å². The summed E-state index contributed by atoms with van der Waals surface area (Å²) in [6, 6.07) is 2.76. The Morgan fingerprint density at radius 2 is 2.03 bits per heavy atom. The number of aliphatic hydroxyl groups excluding tert-OH is 2. The molecule has 36 heavy (non-hydrogen) atoms. The highest BCUT2D eigenvalue weighted by Crippen LogP contribution is 2.35. The Balaban J connectivity index is 1.25. The molecule has 7 N–H and O–H groups in total. The summed E-state index contributed by atoms with van der Waals surface area (Å²) in [5, 5.41) is 46.1. The summed E-state index contributed by atoms with van der Waals surface area (Å²) in [7, 11) is 0. The molecule has 0 spiro atoms. The third-order valence-corrected chi connectivity index (χ3v) is 6.48. The molecule has 1 fully saturated rings. The fourth-order valence-electron chi connectivity index (χ4n) is 3.86. The van der Waals surface area contributed by atoms with E-state index >= 15 is 0 Å². The van der Waals surface area contributed by atoms with Crippen molar-refractivity contribution in [3.8, 4) is 22.1 Å². The van der Waals surface area contributed by atoms with Gasteiger partial charge in [-0.15, -0.1) is 11.3 Å². The number of carbonyl (C=O) groups is 1. The second kappa shape index (κ2) is 9.50. The average Bonchev–Trinajstić information content (AvgIpc) is 3.60. The van der Waals surface area contributed by atoms with E-state index in [1.54, 1.807) is 11.6 Å². The molecular formula is C22H21N7O6S. The van der Waals surface area contributed by atoms with Crippen LogP contribution >= 0.6 is 11.3 Å². The maximum absolute atomic E-state index is 12.6. The Hall–Kier alpha value is -4.11. The molecule has 0 saturated carbocycles. The quantitative estimate of drug-likeness (QED) is 0.156. The Labute approximate surface area is 207 Å². The van der Waals surface area contributed by atoms with Crippen LogP contribution in [0.5, 0.6) is 11.5 Å². The predicted molar refractivity (Wildman–Crippen MR) is 128 cm³/mol. The van der Waals surface area contributed by atoms with Crippen molar-refractivity contribution in [2.45, 2.75) is 24.5 Å². The molecule has 3 unspecified atom stereocenters. The molecule has 1 aliphatic heterocycles. The third kappa shape index (κ3) is 4.22. The number of thiazole rings is 1. The third-order valence-electron chi connectivity index (χ3n) is 5.66. The van der Waals surface area contributed by atoms with Crippen LogP contribution in [0, 0.1) is 0 Å². The number of nitrogens with two attached hydrogens (primary N) is 1. The predicted octanol–water partition coefficient (Wildman–Crippen LogP) is 0.549. The van der Waals surface area contributed by atoms with Crippen molar-refractivity contribution >= 4 is 34.2 Å². The van der Waals surface area contributed by atoms with Crippen LogP contribution in [0.1, 0.15) is 16.6 Å². The number of aromatic nitrogens is 5. The summed E-state index contributed by atoms with van der Waals surface area (Å²) in [4.78, 5) is 28.9. The number of phenols is 2. The summed E-state index contributed by atoms with van der Waals surface area (Å²) in [5.74, 6) is -1.44. The number of fused-ring (bicyclic) bond motifs is 1. The Kier molecular flexibility index (Phi) is 6.24. The van der Waals surface area contributed by atoms with Gasteiger partial charge in [-0.1, -0.05) is 12.2 Å². The van der Waals surface area contributed by atoms with Gasteiger partial charge in [0.2, 0.25) is 0 Å². The summed E-state index contributed by atoms with van der Waals surface area (Å²) < 4.78 is 7.27. The number of hydrogen-bond donors (Lipinski definition) is 6. The van der Waals surface area contributed by atoms with Crippen LogP contribution in [0.2, 0.25) is 0 Å². The van der Waals surface area contributed by atoms with Gasteiger partial charge in [0.15, 0.2) is 29.2 Å². The van der Waals surface area contributed by atoms with Crippen molar-refractivity contribution in [1.29, 1.82) is 0 Å². The standard InChI is InChI=1S/C22H21N7O6S/c23-18-14-19(27-8-26-18)29(9-28-14)22-17(33)16(32)13(35-22)2-1-3-24-20(34)11-6-10(7-12(30)15(11)31)21-25-4-5-36-21/h1-2,4-9,13,16-17,22,30-33H,3H2,(H,24,34)(H2,23,26,27)/t13?,16?,17-,22?/m1/s1. The molecule has 4 atom stereocenters. The van der Waals surface area contributed by atoms with E-state index in [0.717, 1.165) is 0 Å². The van der Waals surface area contributed by atoms with E-state index in [-0.39, 0.29) is 17.9 Å². The van der Waals surface area contributed by atoms with Gasteiger partial charge in [-0.25, -0.2) is 19.9 Å². The molecule has 186 valence electrons. The minimum Gasteiger partial charge on any atom is -0.504 e. The number of imidazole rings is 1. The zero-order chi connectivity index (χ0) is 25.4. The maximum atomic E-state index is 12.6. The molecule has 14 heteroatoms. The number of ether oxygens (including phenoxy) is 1. The van der Waals surface area contributed by atoms with Gasteiger partial charge >= 0.3 is 0 Å². The van der Waals surface area contributed by atoms with Crippen molar-refractivity contribution in [2.24, 2.45) is 0 Å². The largest absolute Gasteiger partial charge is 0.504 e. The first-order valence-electron chi connectivity index (χ1n) is 10.7. The summed E-state index contributed by atoms with van der Waals surface area (Å²) in [5.41, 5.74) is 6.86. The molecule has 0 aliphatic carbocycles. The smallest absolute Gasteiger partial charge is 0.255 e. The van der Waals surface area contributed by atoms with Crippen LogP contribution in [0.4, 0.5) is 5.82 Å². The van der Waals surface area contributed by atoms with Gasteiger partial charge in [0, 0.05) is 23.7 Å². The summed E-state index contributed by atoms with van der Waals surface area (Å²) >= 11 is 1.32. The van der Waals surface area contributed by atoms with E-state index in [4.69, 9.17) is 10.5 Å². The average molecular weight is 512 g/mol. The number of aliphatic hydroxyl groups is 2. The molecule has 1 saturated heterocycles. The first kappa shape index (κ1) is 23.6. The van der Waals surface area contributed by atoms with Crippen molar-refractivity contribution in [3.05, 3.63) is 54.1 Å². The first-order chi connectivity index (χ1) is 17.3. The Morgan fingerprint density at radius 3 is 2.81 bits per heavy atom. The number of benzene rings is 1. The molecule has 3 aromatic heterocycles. The number of phenolic OH excluding ortho intramolecular Hbond substituents is 2. The van der Waals surface area contributed by atoms with Crippen LogP contribution in [0.3, 0.4) is 0 Å². The van der Waals surface area contributed by atoms with Crippen LogP contribution < -0.4 is 11.1 Å². The molecule has 13 nitrogen and oxygen atoms in total. The zero-order valence-electron chi connectivity index (χ0n) is 18.5. The van der Waals surface area contributed by atoms with E-state index in [1.807, 2.05) is 0 Å². The fourth-order valence-corrected chi connectivity index (χ4v) is 4.49. The number of nitrogens with one attached hydrogen (secondary N) is 1. The lowest BCUT2D eigenvalue weighted by molar-refractivity contribution is -0.0245. The minimum absolute atomic E-state index is 0.0195. The van der Waals surface area contributed by atoms with Crippen LogP contribution in [-0.2, 0) is 4.74 Å². The van der Waals surface area contributed by atoms with E-state index in [1.165, 1.54) is 52.8 Å². The molecule has 0 radical (unpaired) electrons. The van der Waals surface area contributed by atoms with Gasteiger partial charge in [-0.2, -0.15) is 0 Å². The van der Waals surface area contributed by atoms with Gasteiger partial charge in [0.25, 0.3) is 5.91 Å². The monoisotopic (exact) mass is 511 g/mol.